The molecule has 1 N–H and O–H groups in total. The van der Waals surface area contributed by atoms with E-state index < -0.39 is 12.0 Å². The van der Waals surface area contributed by atoms with Crippen LogP contribution in [0.25, 0.3) is 0 Å². The number of esters is 1. The molecular weight excluding hydrogens is 550 g/mol. The molecule has 1 aromatic heterocycles. The topological polar surface area (TPSA) is 94.5 Å². The van der Waals surface area contributed by atoms with Gasteiger partial charge < -0.3 is 29.0 Å². The van der Waals surface area contributed by atoms with Gasteiger partial charge in [-0.2, -0.15) is 0 Å². The molecule has 3 rings (SSSR count). The van der Waals surface area contributed by atoms with Crippen molar-refractivity contribution >= 4 is 44.8 Å². The van der Waals surface area contributed by atoms with Crippen LogP contribution in [0.5, 0.6) is 10.8 Å². The molecule has 8 nitrogen and oxygen atoms in total. The van der Waals surface area contributed by atoms with E-state index in [1.54, 1.807) is 43.4 Å². The van der Waals surface area contributed by atoms with Crippen LogP contribution in [-0.4, -0.2) is 57.6 Å². The third kappa shape index (κ3) is 6.86. The molecule has 0 atom stereocenters. The summed E-state index contributed by atoms with van der Waals surface area (Å²) >= 11 is 4.73. The lowest BCUT2D eigenvalue weighted by atomic mass is 9.82. The predicted molar refractivity (Wildman–Crippen MR) is 142 cm³/mol. The Morgan fingerprint density at radius 1 is 1.11 bits per heavy atom. The zero-order valence-electron chi connectivity index (χ0n) is 21.1. The molecule has 1 aliphatic carbocycles. The van der Waals surface area contributed by atoms with Crippen molar-refractivity contribution in [2.24, 2.45) is 11.8 Å². The molecule has 0 aliphatic heterocycles. The Morgan fingerprint density at radius 3 is 2.33 bits per heavy atom. The summed E-state index contributed by atoms with van der Waals surface area (Å²) in [6, 6.07) is 6.34. The second-order valence-corrected chi connectivity index (χ2v) is 11.0. The molecule has 1 aliphatic rings. The highest BCUT2D eigenvalue weighted by molar-refractivity contribution is 9.10. The number of aliphatic hydroxyl groups excluding tert-OH is 1. The highest BCUT2D eigenvalue weighted by Gasteiger charge is 2.35. The first kappa shape index (κ1) is 28.6. The largest absolute Gasteiger partial charge is 0.465 e. The smallest absolute Gasteiger partial charge is 0.340 e. The van der Waals surface area contributed by atoms with Gasteiger partial charge in [0.2, 0.25) is 5.91 Å². The average molecular weight is 585 g/mol. The quantitative estimate of drug-likeness (QED) is 0.354. The minimum absolute atomic E-state index is 0.0478. The zero-order chi connectivity index (χ0) is 26.2. The predicted octanol–water partition coefficient (Wildman–Crippen LogP) is 5.40. The number of hydrogen-bond donors (Lipinski definition) is 1. The molecule has 1 aromatic carbocycles. The summed E-state index contributed by atoms with van der Waals surface area (Å²) in [6.45, 7) is 2.60. The van der Waals surface area contributed by atoms with Crippen LogP contribution in [0.1, 0.15) is 47.8 Å². The number of carbonyl (C=O) groups excluding carboxylic acids is 2. The van der Waals surface area contributed by atoms with E-state index in [2.05, 4.69) is 22.9 Å². The minimum Gasteiger partial charge on any atom is -0.465 e. The normalized spacial score (nSPS) is 17.8. The lowest BCUT2D eigenvalue weighted by Gasteiger charge is -2.36. The number of thiophene rings is 1. The Hall–Kier alpha value is -1.98. The molecule has 1 saturated carbocycles. The van der Waals surface area contributed by atoms with Crippen molar-refractivity contribution < 1.29 is 33.6 Å². The maximum absolute atomic E-state index is 13.9. The summed E-state index contributed by atoms with van der Waals surface area (Å²) in [7, 11) is 4.45. The first-order chi connectivity index (χ1) is 17.3. The van der Waals surface area contributed by atoms with Gasteiger partial charge in [0.1, 0.15) is 5.75 Å². The van der Waals surface area contributed by atoms with Gasteiger partial charge in [-0.05, 0) is 71.8 Å². The van der Waals surface area contributed by atoms with Crippen LogP contribution < -0.4 is 9.64 Å². The maximum atomic E-state index is 13.9. The maximum Gasteiger partial charge on any atom is 0.340 e. The Labute approximate surface area is 224 Å². The van der Waals surface area contributed by atoms with Crippen LogP contribution in [0.4, 0.5) is 5.69 Å². The van der Waals surface area contributed by atoms with E-state index in [0.29, 0.717) is 26.9 Å². The van der Waals surface area contributed by atoms with Gasteiger partial charge in [0.25, 0.3) is 0 Å². The van der Waals surface area contributed by atoms with Crippen LogP contribution in [0.15, 0.2) is 28.7 Å². The molecular formula is C26H34BrNO7S. The van der Waals surface area contributed by atoms with E-state index in [-0.39, 0.29) is 37.2 Å². The number of carbonyl (C=O) groups is 2. The van der Waals surface area contributed by atoms with Crippen molar-refractivity contribution in [1.29, 1.82) is 0 Å². The lowest BCUT2D eigenvalue weighted by Crippen LogP contribution is -2.49. The number of aliphatic hydroxyl groups is 1. The molecule has 36 heavy (non-hydrogen) atoms. The molecule has 0 bridgehead atoms. The molecule has 1 heterocycles. The lowest BCUT2D eigenvalue weighted by molar-refractivity contribution is -0.124. The fourth-order valence-electron chi connectivity index (χ4n) is 4.50. The van der Waals surface area contributed by atoms with Crippen molar-refractivity contribution in [3.05, 3.63) is 39.2 Å². The Kier molecular flexibility index (Phi) is 10.7. The monoisotopic (exact) mass is 583 g/mol. The number of anilines is 1. The van der Waals surface area contributed by atoms with E-state index in [1.807, 2.05) is 0 Å². The first-order valence-electron chi connectivity index (χ1n) is 11.9. The number of nitrogens with zero attached hydrogens (tertiary/aromatic N) is 1. The number of amides is 1. The van der Waals surface area contributed by atoms with Gasteiger partial charge >= 0.3 is 5.97 Å². The van der Waals surface area contributed by atoms with Crippen molar-refractivity contribution in [3.8, 4) is 10.8 Å². The van der Waals surface area contributed by atoms with Crippen LogP contribution in [-0.2, 0) is 25.6 Å². The highest BCUT2D eigenvalue weighted by atomic mass is 79.9. The fourth-order valence-corrected chi connectivity index (χ4v) is 6.02. The molecule has 0 saturated heterocycles. The molecule has 2 aromatic rings. The number of benzene rings is 1. The third-order valence-electron chi connectivity index (χ3n) is 6.39. The molecule has 198 valence electrons. The van der Waals surface area contributed by atoms with Gasteiger partial charge in [0.05, 0.1) is 48.7 Å². The summed E-state index contributed by atoms with van der Waals surface area (Å²) in [4.78, 5) is 29.2. The van der Waals surface area contributed by atoms with Crippen LogP contribution in [0.3, 0.4) is 0 Å². The number of methoxy groups -OCH3 is 3. The first-order valence-corrected chi connectivity index (χ1v) is 13.5. The zero-order valence-corrected chi connectivity index (χ0v) is 23.5. The van der Waals surface area contributed by atoms with Crippen molar-refractivity contribution in [1.82, 2.24) is 0 Å². The van der Waals surface area contributed by atoms with Crippen molar-refractivity contribution in [3.63, 3.8) is 0 Å². The van der Waals surface area contributed by atoms with Crippen molar-refractivity contribution in [2.45, 2.75) is 45.3 Å². The summed E-state index contributed by atoms with van der Waals surface area (Å²) in [5.74, 6) is 0.230. The van der Waals surface area contributed by atoms with Crippen LogP contribution >= 0.6 is 27.3 Å². The summed E-state index contributed by atoms with van der Waals surface area (Å²) < 4.78 is 22.6. The van der Waals surface area contributed by atoms with Crippen molar-refractivity contribution in [2.75, 3.05) is 39.4 Å². The molecule has 10 heteroatoms. The van der Waals surface area contributed by atoms with E-state index in [9.17, 15) is 14.7 Å². The third-order valence-corrected chi connectivity index (χ3v) is 8.24. The SMILES string of the molecule is COCC(COC)N(C(=O)C1CCC(C)CC1)c1ccc(Oc2sc(CO)cc2Br)cc1C(=O)OC. The minimum atomic E-state index is -0.583. The van der Waals surface area contributed by atoms with Gasteiger partial charge in [-0.1, -0.05) is 6.92 Å². The molecule has 1 amide bonds. The molecule has 0 radical (unpaired) electrons. The molecule has 0 unspecified atom stereocenters. The number of ether oxygens (including phenoxy) is 4. The molecule has 1 fully saturated rings. The second-order valence-electron chi connectivity index (χ2n) is 9.01. The average Bonchev–Trinajstić information content (AvgIpc) is 3.24. The summed E-state index contributed by atoms with van der Waals surface area (Å²) in [5, 5.41) is 9.96. The summed E-state index contributed by atoms with van der Waals surface area (Å²) in [5.41, 5.74) is 0.637. The van der Waals surface area contributed by atoms with E-state index in [0.717, 1.165) is 30.6 Å². The van der Waals surface area contributed by atoms with Gasteiger partial charge in [0, 0.05) is 25.0 Å². The number of halogens is 1. The molecule has 0 spiro atoms. The second kappa shape index (κ2) is 13.5. The Bertz CT molecular complexity index is 1030. The van der Waals surface area contributed by atoms with E-state index in [1.165, 1.54) is 18.4 Å². The van der Waals surface area contributed by atoms with Gasteiger partial charge in [-0.25, -0.2) is 4.79 Å². The number of rotatable bonds is 11. The Morgan fingerprint density at radius 2 is 1.78 bits per heavy atom. The Balaban J connectivity index is 2.04. The highest BCUT2D eigenvalue weighted by Crippen LogP contribution is 2.40. The van der Waals surface area contributed by atoms with Crippen LogP contribution in [0, 0.1) is 11.8 Å². The fraction of sp³-hybridized carbons (Fsp3) is 0.538. The van der Waals surface area contributed by atoms with E-state index in [4.69, 9.17) is 18.9 Å². The van der Waals surface area contributed by atoms with Crippen LogP contribution in [0.2, 0.25) is 0 Å². The van der Waals surface area contributed by atoms with Gasteiger partial charge in [-0.15, -0.1) is 11.3 Å². The van der Waals surface area contributed by atoms with E-state index >= 15 is 0 Å². The standard InChI is InChI=1S/C26H34BrNO7S/c1-16-5-7-17(8-6-16)24(30)28(18(14-32-2)15-33-3)23-10-9-19(11-21(23)25(31)34-4)35-26-22(27)12-20(13-29)36-26/h9-12,16-18,29H,5-8,13-15H2,1-4H3. The summed E-state index contributed by atoms with van der Waals surface area (Å²) in [6.07, 6.45) is 3.59. The van der Waals surface area contributed by atoms with Gasteiger partial charge in [0.15, 0.2) is 5.06 Å². The number of hydrogen-bond acceptors (Lipinski definition) is 8. The van der Waals surface area contributed by atoms with Gasteiger partial charge in [-0.3, -0.25) is 4.79 Å².